The quantitative estimate of drug-likeness (QED) is 0.802. The average Bonchev–Trinajstić information content (AvgIpc) is 2.86. The largest absolute Gasteiger partial charge is 0.352 e. The number of carbonyl (C=O) groups excluding carboxylic acids is 1. The van der Waals surface area contributed by atoms with Crippen molar-refractivity contribution < 1.29 is 4.79 Å². The minimum atomic E-state index is 0.198. The Morgan fingerprint density at radius 1 is 1.40 bits per heavy atom. The molecule has 1 fully saturated rings. The lowest BCUT2D eigenvalue weighted by Crippen LogP contribution is -2.25. The van der Waals surface area contributed by atoms with Crippen molar-refractivity contribution in [3.8, 4) is 0 Å². The Kier molecular flexibility index (Phi) is 2.51. The monoisotopic (exact) mass is 203 g/mol. The summed E-state index contributed by atoms with van der Waals surface area (Å²) in [6.07, 6.45) is 1.02. The summed E-state index contributed by atoms with van der Waals surface area (Å²) in [4.78, 5) is 11.7. The molecule has 0 heterocycles. The van der Waals surface area contributed by atoms with Crippen LogP contribution in [0.4, 0.5) is 0 Å². The van der Waals surface area contributed by atoms with Crippen LogP contribution in [0, 0.1) is 11.3 Å². The third-order valence-corrected chi connectivity index (χ3v) is 3.14. The second-order valence-corrected chi connectivity index (χ2v) is 4.95. The molecule has 2 heteroatoms. The van der Waals surface area contributed by atoms with Gasteiger partial charge in [-0.25, -0.2) is 0 Å². The van der Waals surface area contributed by atoms with E-state index in [1.165, 1.54) is 0 Å². The molecule has 0 radical (unpaired) electrons. The van der Waals surface area contributed by atoms with Crippen LogP contribution in [0.5, 0.6) is 0 Å². The maximum atomic E-state index is 11.7. The molecule has 1 saturated carbocycles. The lowest BCUT2D eigenvalue weighted by Gasteiger charge is -2.06. The van der Waals surface area contributed by atoms with Crippen molar-refractivity contribution in [3.05, 3.63) is 35.9 Å². The Hall–Kier alpha value is -1.31. The second kappa shape index (κ2) is 3.69. The summed E-state index contributed by atoms with van der Waals surface area (Å²) in [6, 6.07) is 10.0. The average molecular weight is 203 g/mol. The Bertz CT molecular complexity index is 356. The summed E-state index contributed by atoms with van der Waals surface area (Å²) in [5.41, 5.74) is 1.38. The van der Waals surface area contributed by atoms with Crippen molar-refractivity contribution in [2.75, 3.05) is 0 Å². The van der Waals surface area contributed by atoms with Crippen LogP contribution in [0.15, 0.2) is 30.3 Å². The van der Waals surface area contributed by atoms with Crippen LogP contribution in [0.25, 0.3) is 0 Å². The molecule has 2 rings (SSSR count). The highest BCUT2D eigenvalue weighted by Crippen LogP contribution is 2.51. The zero-order valence-corrected chi connectivity index (χ0v) is 9.29. The molecule has 0 bridgehead atoms. The summed E-state index contributed by atoms with van der Waals surface area (Å²) in [5, 5.41) is 2.98. The Morgan fingerprint density at radius 3 is 2.53 bits per heavy atom. The van der Waals surface area contributed by atoms with Crippen molar-refractivity contribution >= 4 is 5.91 Å². The Morgan fingerprint density at radius 2 is 2.00 bits per heavy atom. The number of hydrogen-bond acceptors (Lipinski definition) is 1. The third kappa shape index (κ3) is 2.38. The first-order valence-corrected chi connectivity index (χ1v) is 5.41. The summed E-state index contributed by atoms with van der Waals surface area (Å²) in [5.74, 6) is 0.421. The molecule has 1 amide bonds. The minimum Gasteiger partial charge on any atom is -0.352 e. The summed E-state index contributed by atoms with van der Waals surface area (Å²) >= 11 is 0. The van der Waals surface area contributed by atoms with E-state index >= 15 is 0 Å². The van der Waals surface area contributed by atoms with Crippen LogP contribution in [-0.2, 0) is 11.3 Å². The molecule has 1 aromatic rings. The van der Waals surface area contributed by atoms with Crippen LogP contribution >= 0.6 is 0 Å². The van der Waals surface area contributed by atoms with Gasteiger partial charge >= 0.3 is 0 Å². The van der Waals surface area contributed by atoms with E-state index in [1.54, 1.807) is 0 Å². The number of nitrogens with one attached hydrogen (secondary N) is 1. The fourth-order valence-electron chi connectivity index (χ4n) is 1.82. The molecule has 2 nitrogen and oxygen atoms in total. The van der Waals surface area contributed by atoms with Gasteiger partial charge in [-0.3, -0.25) is 4.79 Å². The molecule has 0 aliphatic heterocycles. The molecule has 15 heavy (non-hydrogen) atoms. The van der Waals surface area contributed by atoms with Gasteiger partial charge in [-0.15, -0.1) is 0 Å². The number of hydrogen-bond donors (Lipinski definition) is 1. The first-order chi connectivity index (χ1) is 7.09. The molecule has 0 spiro atoms. The molecular weight excluding hydrogens is 186 g/mol. The molecule has 0 saturated heterocycles. The predicted molar refractivity (Wildman–Crippen MR) is 60.2 cm³/mol. The molecule has 1 aromatic carbocycles. The Labute approximate surface area is 90.7 Å². The highest BCUT2D eigenvalue weighted by Gasteiger charge is 2.50. The normalized spacial score (nSPS) is 22.1. The van der Waals surface area contributed by atoms with Gasteiger partial charge in [0.2, 0.25) is 5.91 Å². The van der Waals surface area contributed by atoms with Crippen LogP contribution in [0.2, 0.25) is 0 Å². The summed E-state index contributed by atoms with van der Waals surface area (Å²) in [6.45, 7) is 4.92. The smallest absolute Gasteiger partial charge is 0.223 e. The van der Waals surface area contributed by atoms with E-state index in [9.17, 15) is 4.79 Å². The number of rotatable bonds is 3. The molecule has 80 valence electrons. The van der Waals surface area contributed by atoms with E-state index in [-0.39, 0.29) is 17.2 Å². The lowest BCUT2D eigenvalue weighted by molar-refractivity contribution is -0.123. The molecule has 1 N–H and O–H groups in total. The van der Waals surface area contributed by atoms with Crippen molar-refractivity contribution in [1.29, 1.82) is 0 Å². The van der Waals surface area contributed by atoms with Gasteiger partial charge in [-0.05, 0) is 17.4 Å². The van der Waals surface area contributed by atoms with E-state index in [0.29, 0.717) is 6.54 Å². The zero-order chi connectivity index (χ0) is 10.9. The van der Waals surface area contributed by atoms with E-state index in [2.05, 4.69) is 19.2 Å². The van der Waals surface area contributed by atoms with Crippen LogP contribution in [0.1, 0.15) is 25.8 Å². The van der Waals surface area contributed by atoms with E-state index in [0.717, 1.165) is 12.0 Å². The second-order valence-electron chi connectivity index (χ2n) is 4.95. The molecular formula is C13H17NO. The molecule has 1 aliphatic rings. The van der Waals surface area contributed by atoms with Gasteiger partial charge in [0.25, 0.3) is 0 Å². The van der Waals surface area contributed by atoms with Gasteiger partial charge in [0, 0.05) is 12.5 Å². The van der Waals surface area contributed by atoms with Crippen LogP contribution in [-0.4, -0.2) is 5.91 Å². The number of benzene rings is 1. The van der Waals surface area contributed by atoms with E-state index in [1.807, 2.05) is 30.3 Å². The molecule has 1 atom stereocenters. The van der Waals surface area contributed by atoms with Crippen LogP contribution in [0.3, 0.4) is 0 Å². The Balaban J connectivity index is 1.82. The van der Waals surface area contributed by atoms with Gasteiger partial charge in [0.05, 0.1) is 0 Å². The van der Waals surface area contributed by atoms with E-state index in [4.69, 9.17) is 0 Å². The van der Waals surface area contributed by atoms with Crippen LogP contribution < -0.4 is 5.32 Å². The van der Waals surface area contributed by atoms with Gasteiger partial charge in [-0.1, -0.05) is 44.2 Å². The number of amides is 1. The highest BCUT2D eigenvalue weighted by atomic mass is 16.2. The van der Waals surface area contributed by atoms with Gasteiger partial charge in [0.1, 0.15) is 0 Å². The first kappa shape index (κ1) is 10.2. The molecule has 1 aliphatic carbocycles. The predicted octanol–water partition coefficient (Wildman–Crippen LogP) is 2.35. The van der Waals surface area contributed by atoms with Gasteiger partial charge in [0.15, 0.2) is 0 Å². The van der Waals surface area contributed by atoms with E-state index < -0.39 is 0 Å². The molecule has 0 unspecified atom stereocenters. The lowest BCUT2D eigenvalue weighted by atomic mass is 10.1. The van der Waals surface area contributed by atoms with Crippen molar-refractivity contribution in [2.45, 2.75) is 26.8 Å². The van der Waals surface area contributed by atoms with Crippen molar-refractivity contribution in [1.82, 2.24) is 5.32 Å². The minimum absolute atomic E-state index is 0.198. The molecule has 0 aromatic heterocycles. The summed E-state index contributed by atoms with van der Waals surface area (Å²) in [7, 11) is 0. The van der Waals surface area contributed by atoms with Gasteiger partial charge < -0.3 is 5.32 Å². The van der Waals surface area contributed by atoms with Gasteiger partial charge in [-0.2, -0.15) is 0 Å². The summed E-state index contributed by atoms with van der Waals surface area (Å²) < 4.78 is 0. The highest BCUT2D eigenvalue weighted by molar-refractivity contribution is 5.82. The third-order valence-electron chi connectivity index (χ3n) is 3.14. The SMILES string of the molecule is CC1(C)C[C@@H]1C(=O)NCc1ccccc1. The fraction of sp³-hybridized carbons (Fsp3) is 0.462. The first-order valence-electron chi connectivity index (χ1n) is 5.41. The zero-order valence-electron chi connectivity index (χ0n) is 9.29. The topological polar surface area (TPSA) is 29.1 Å². The van der Waals surface area contributed by atoms with Crippen molar-refractivity contribution in [2.24, 2.45) is 11.3 Å². The van der Waals surface area contributed by atoms with Crippen molar-refractivity contribution in [3.63, 3.8) is 0 Å². The standard InChI is InChI=1S/C13H17NO/c1-13(2)8-11(13)12(15)14-9-10-6-4-3-5-7-10/h3-7,11H,8-9H2,1-2H3,(H,14,15)/t11-/m1/s1. The number of carbonyl (C=O) groups is 1. The maximum Gasteiger partial charge on any atom is 0.223 e. The fourth-order valence-corrected chi connectivity index (χ4v) is 1.82. The maximum absolute atomic E-state index is 11.7.